The summed E-state index contributed by atoms with van der Waals surface area (Å²) in [6, 6.07) is 10.4. The number of ether oxygens (including phenoxy) is 2. The fourth-order valence-electron chi connectivity index (χ4n) is 3.06. The molecule has 0 bridgehead atoms. The molecule has 0 amide bonds. The minimum atomic E-state index is -0.341. The SMILES string of the molecule is COc1cc2c(cc1OC)[C@H](c1ccccc1[N+](=O)[O-])NCC2. The number of nitrogens with one attached hydrogen (secondary N) is 1. The van der Waals surface area contributed by atoms with E-state index < -0.39 is 0 Å². The molecule has 1 aliphatic heterocycles. The van der Waals surface area contributed by atoms with Gasteiger partial charge in [0.2, 0.25) is 0 Å². The van der Waals surface area contributed by atoms with Crippen molar-refractivity contribution in [3.05, 3.63) is 63.2 Å². The molecule has 0 saturated heterocycles. The highest BCUT2D eigenvalue weighted by atomic mass is 16.6. The van der Waals surface area contributed by atoms with E-state index in [4.69, 9.17) is 9.47 Å². The molecule has 3 rings (SSSR count). The van der Waals surface area contributed by atoms with Crippen LogP contribution in [0.1, 0.15) is 22.7 Å². The van der Waals surface area contributed by atoms with E-state index in [0.29, 0.717) is 17.1 Å². The first-order valence-corrected chi connectivity index (χ1v) is 7.37. The fraction of sp³-hybridized carbons (Fsp3) is 0.294. The van der Waals surface area contributed by atoms with Crippen LogP contribution in [0.15, 0.2) is 36.4 Å². The van der Waals surface area contributed by atoms with E-state index in [1.807, 2.05) is 18.2 Å². The Morgan fingerprint density at radius 3 is 2.52 bits per heavy atom. The van der Waals surface area contributed by atoms with Gasteiger partial charge in [-0.1, -0.05) is 18.2 Å². The van der Waals surface area contributed by atoms with Crippen molar-refractivity contribution < 1.29 is 14.4 Å². The van der Waals surface area contributed by atoms with Gasteiger partial charge in [0.25, 0.3) is 5.69 Å². The maximum absolute atomic E-state index is 11.3. The number of hydrogen-bond donors (Lipinski definition) is 1. The van der Waals surface area contributed by atoms with Crippen molar-refractivity contribution in [2.24, 2.45) is 0 Å². The summed E-state index contributed by atoms with van der Waals surface area (Å²) >= 11 is 0. The second kappa shape index (κ2) is 6.26. The lowest BCUT2D eigenvalue weighted by atomic mass is 9.88. The van der Waals surface area contributed by atoms with Gasteiger partial charge in [-0.25, -0.2) is 0 Å². The molecule has 6 nitrogen and oxygen atoms in total. The van der Waals surface area contributed by atoms with Crippen LogP contribution in [-0.4, -0.2) is 25.7 Å². The topological polar surface area (TPSA) is 73.6 Å². The number of benzene rings is 2. The molecule has 1 atom stereocenters. The highest BCUT2D eigenvalue weighted by Crippen LogP contribution is 2.39. The molecule has 1 heterocycles. The summed E-state index contributed by atoms with van der Waals surface area (Å²) in [7, 11) is 3.19. The molecule has 1 N–H and O–H groups in total. The highest BCUT2D eigenvalue weighted by molar-refractivity contribution is 5.54. The summed E-state index contributed by atoms with van der Waals surface area (Å²) in [5, 5.41) is 14.7. The standard InChI is InChI=1S/C17H18N2O4/c1-22-15-9-11-7-8-18-17(13(11)10-16(15)23-2)12-5-3-4-6-14(12)19(20)21/h3-6,9-10,17-18H,7-8H2,1-2H3/t17-/m0/s1. The van der Waals surface area contributed by atoms with Gasteiger partial charge in [-0.05, 0) is 29.7 Å². The molecular formula is C17H18N2O4. The van der Waals surface area contributed by atoms with Crippen LogP contribution in [0.25, 0.3) is 0 Å². The van der Waals surface area contributed by atoms with E-state index >= 15 is 0 Å². The van der Waals surface area contributed by atoms with Crippen molar-refractivity contribution in [2.45, 2.75) is 12.5 Å². The van der Waals surface area contributed by atoms with Crippen molar-refractivity contribution in [1.82, 2.24) is 5.32 Å². The molecule has 0 saturated carbocycles. The van der Waals surface area contributed by atoms with E-state index in [1.54, 1.807) is 26.4 Å². The van der Waals surface area contributed by atoms with Crippen molar-refractivity contribution in [1.29, 1.82) is 0 Å². The van der Waals surface area contributed by atoms with Gasteiger partial charge in [-0.2, -0.15) is 0 Å². The van der Waals surface area contributed by atoms with Crippen LogP contribution in [0.3, 0.4) is 0 Å². The zero-order chi connectivity index (χ0) is 16.4. The van der Waals surface area contributed by atoms with E-state index in [1.165, 1.54) is 6.07 Å². The van der Waals surface area contributed by atoms with Gasteiger partial charge in [0, 0.05) is 12.6 Å². The number of nitro groups is 1. The molecule has 0 fully saturated rings. The van der Waals surface area contributed by atoms with E-state index in [-0.39, 0.29) is 16.7 Å². The molecule has 23 heavy (non-hydrogen) atoms. The Labute approximate surface area is 134 Å². The molecule has 0 radical (unpaired) electrons. The predicted octanol–water partition coefficient (Wildman–Crippen LogP) is 2.85. The quantitative estimate of drug-likeness (QED) is 0.694. The van der Waals surface area contributed by atoms with Gasteiger partial charge in [-0.3, -0.25) is 10.1 Å². The van der Waals surface area contributed by atoms with Crippen molar-refractivity contribution in [3.63, 3.8) is 0 Å². The fourth-order valence-corrected chi connectivity index (χ4v) is 3.06. The number of methoxy groups -OCH3 is 2. The molecule has 2 aromatic carbocycles. The summed E-state index contributed by atoms with van der Waals surface area (Å²) in [5.41, 5.74) is 2.88. The maximum atomic E-state index is 11.3. The van der Waals surface area contributed by atoms with Gasteiger partial charge in [0.15, 0.2) is 11.5 Å². The average molecular weight is 314 g/mol. The zero-order valence-corrected chi connectivity index (χ0v) is 13.0. The third-order valence-electron chi connectivity index (χ3n) is 4.14. The van der Waals surface area contributed by atoms with Crippen LogP contribution < -0.4 is 14.8 Å². The highest BCUT2D eigenvalue weighted by Gasteiger charge is 2.28. The summed E-state index contributed by atoms with van der Waals surface area (Å²) < 4.78 is 10.7. The van der Waals surface area contributed by atoms with Crippen LogP contribution in [-0.2, 0) is 6.42 Å². The number of nitro benzene ring substituents is 1. The Bertz CT molecular complexity index is 745. The molecule has 0 spiro atoms. The molecule has 0 aromatic heterocycles. The Hall–Kier alpha value is -2.60. The van der Waals surface area contributed by atoms with Gasteiger partial charge in [0.1, 0.15) is 0 Å². The van der Waals surface area contributed by atoms with Gasteiger partial charge in [0.05, 0.1) is 30.7 Å². The van der Waals surface area contributed by atoms with E-state index in [2.05, 4.69) is 5.32 Å². The Morgan fingerprint density at radius 1 is 1.13 bits per heavy atom. The molecule has 2 aromatic rings. The first-order valence-electron chi connectivity index (χ1n) is 7.37. The molecular weight excluding hydrogens is 296 g/mol. The predicted molar refractivity (Wildman–Crippen MR) is 86.2 cm³/mol. The number of para-hydroxylation sites is 1. The Balaban J connectivity index is 2.14. The monoisotopic (exact) mass is 314 g/mol. The number of fused-ring (bicyclic) bond motifs is 1. The Morgan fingerprint density at radius 2 is 1.83 bits per heavy atom. The van der Waals surface area contributed by atoms with Crippen LogP contribution in [0.5, 0.6) is 11.5 Å². The number of rotatable bonds is 4. The van der Waals surface area contributed by atoms with E-state index in [9.17, 15) is 10.1 Å². The summed E-state index contributed by atoms with van der Waals surface area (Å²) in [6.07, 6.45) is 0.840. The molecule has 1 aliphatic rings. The molecule has 0 aliphatic carbocycles. The van der Waals surface area contributed by atoms with Gasteiger partial charge >= 0.3 is 0 Å². The summed E-state index contributed by atoms with van der Waals surface area (Å²) in [4.78, 5) is 11.0. The van der Waals surface area contributed by atoms with Gasteiger partial charge in [-0.15, -0.1) is 0 Å². The average Bonchev–Trinajstić information content (AvgIpc) is 2.59. The van der Waals surface area contributed by atoms with Crippen LogP contribution >= 0.6 is 0 Å². The minimum absolute atomic E-state index is 0.118. The third kappa shape index (κ3) is 2.73. The van der Waals surface area contributed by atoms with Crippen LogP contribution in [0.4, 0.5) is 5.69 Å². The number of hydrogen-bond acceptors (Lipinski definition) is 5. The molecule has 120 valence electrons. The normalized spacial score (nSPS) is 16.5. The maximum Gasteiger partial charge on any atom is 0.274 e. The lowest BCUT2D eigenvalue weighted by molar-refractivity contribution is -0.385. The van der Waals surface area contributed by atoms with Gasteiger partial charge < -0.3 is 14.8 Å². The summed E-state index contributed by atoms with van der Waals surface area (Å²) in [6.45, 7) is 0.749. The third-order valence-corrected chi connectivity index (χ3v) is 4.14. The lowest BCUT2D eigenvalue weighted by Crippen LogP contribution is -2.31. The first-order chi connectivity index (χ1) is 11.2. The minimum Gasteiger partial charge on any atom is -0.493 e. The summed E-state index contributed by atoms with van der Waals surface area (Å²) in [5.74, 6) is 1.30. The molecule has 0 unspecified atom stereocenters. The Kier molecular flexibility index (Phi) is 4.16. The van der Waals surface area contributed by atoms with E-state index in [0.717, 1.165) is 24.1 Å². The first kappa shape index (κ1) is 15.3. The van der Waals surface area contributed by atoms with Crippen molar-refractivity contribution >= 4 is 5.69 Å². The second-order valence-corrected chi connectivity index (χ2v) is 5.36. The van der Waals surface area contributed by atoms with Crippen molar-refractivity contribution in [3.8, 4) is 11.5 Å². The smallest absolute Gasteiger partial charge is 0.274 e. The molecule has 6 heteroatoms. The second-order valence-electron chi connectivity index (χ2n) is 5.36. The van der Waals surface area contributed by atoms with Crippen LogP contribution in [0.2, 0.25) is 0 Å². The zero-order valence-electron chi connectivity index (χ0n) is 13.0. The largest absolute Gasteiger partial charge is 0.493 e. The van der Waals surface area contributed by atoms with Crippen LogP contribution in [0, 0.1) is 10.1 Å². The lowest BCUT2D eigenvalue weighted by Gasteiger charge is -2.28. The van der Waals surface area contributed by atoms with Crippen molar-refractivity contribution in [2.75, 3.05) is 20.8 Å². The number of nitrogens with zero attached hydrogens (tertiary/aromatic N) is 1.